The second-order valence-electron chi connectivity index (χ2n) is 4.96. The van der Waals surface area contributed by atoms with Gasteiger partial charge in [-0.15, -0.1) is 5.10 Å². The minimum Gasteiger partial charge on any atom is -0.302 e. The van der Waals surface area contributed by atoms with Crippen LogP contribution in [-0.2, 0) is 6.42 Å². The molecule has 0 radical (unpaired) electrons. The summed E-state index contributed by atoms with van der Waals surface area (Å²) in [5.74, 6) is 0.737. The number of benzene rings is 1. The van der Waals surface area contributed by atoms with Crippen molar-refractivity contribution in [3.8, 4) is 5.69 Å². The van der Waals surface area contributed by atoms with Crippen LogP contribution in [0.1, 0.15) is 29.1 Å². The maximum absolute atomic E-state index is 12.3. The number of hydrogen-bond donors (Lipinski definition) is 2. The molecule has 2 N–H and O–H groups in total. The number of carbonyl (C=O) groups is 1. The summed E-state index contributed by atoms with van der Waals surface area (Å²) in [5.41, 5.74) is 1.54. The lowest BCUT2D eigenvalue weighted by molar-refractivity contribution is 0.101. The molecule has 23 heavy (non-hydrogen) atoms. The van der Waals surface area contributed by atoms with Crippen LogP contribution < -0.4 is 5.32 Å². The van der Waals surface area contributed by atoms with Crippen molar-refractivity contribution < 1.29 is 4.79 Å². The first-order valence-electron chi connectivity index (χ1n) is 7.12. The number of aromatic nitrogens is 5. The van der Waals surface area contributed by atoms with Gasteiger partial charge in [-0.3, -0.25) is 9.89 Å². The molecule has 0 saturated carbocycles. The van der Waals surface area contributed by atoms with E-state index in [1.165, 1.54) is 0 Å². The van der Waals surface area contributed by atoms with Crippen LogP contribution in [0, 0.1) is 6.92 Å². The molecular formula is C15H15ClN6O. The number of rotatable bonds is 4. The van der Waals surface area contributed by atoms with Crippen LogP contribution in [0.2, 0.25) is 5.02 Å². The minimum atomic E-state index is -0.419. The van der Waals surface area contributed by atoms with E-state index < -0.39 is 5.91 Å². The van der Waals surface area contributed by atoms with Crippen LogP contribution in [0.3, 0.4) is 0 Å². The van der Waals surface area contributed by atoms with Gasteiger partial charge in [-0.2, -0.15) is 5.10 Å². The zero-order valence-corrected chi connectivity index (χ0v) is 13.4. The van der Waals surface area contributed by atoms with Crippen LogP contribution in [0.5, 0.6) is 0 Å². The smallest absolute Gasteiger partial charge is 0.296 e. The fourth-order valence-corrected chi connectivity index (χ4v) is 2.36. The first-order chi connectivity index (χ1) is 11.1. The molecule has 118 valence electrons. The Balaban J connectivity index is 1.92. The summed E-state index contributed by atoms with van der Waals surface area (Å²) >= 11 is 6.21. The highest BCUT2D eigenvalue weighted by Crippen LogP contribution is 2.20. The lowest BCUT2D eigenvalue weighted by atomic mass is 10.3. The Morgan fingerprint density at radius 2 is 2.17 bits per heavy atom. The monoisotopic (exact) mass is 330 g/mol. The fourth-order valence-electron chi connectivity index (χ4n) is 2.14. The van der Waals surface area contributed by atoms with Crippen molar-refractivity contribution in [1.82, 2.24) is 25.0 Å². The van der Waals surface area contributed by atoms with Crippen LogP contribution in [-0.4, -0.2) is 30.9 Å². The minimum absolute atomic E-state index is 0.0717. The summed E-state index contributed by atoms with van der Waals surface area (Å²) in [6.45, 7) is 3.79. The Morgan fingerprint density at radius 1 is 1.39 bits per heavy atom. The van der Waals surface area contributed by atoms with E-state index in [-0.39, 0.29) is 5.82 Å². The Hall–Kier alpha value is -2.67. The van der Waals surface area contributed by atoms with Crippen LogP contribution in [0.4, 0.5) is 5.82 Å². The predicted molar refractivity (Wildman–Crippen MR) is 87.0 cm³/mol. The van der Waals surface area contributed by atoms with Gasteiger partial charge in [-0.1, -0.05) is 30.7 Å². The van der Waals surface area contributed by atoms with Crippen molar-refractivity contribution >= 4 is 23.3 Å². The van der Waals surface area contributed by atoms with Gasteiger partial charge in [0.05, 0.1) is 10.7 Å². The molecule has 1 aromatic carbocycles. The van der Waals surface area contributed by atoms with Crippen molar-refractivity contribution in [2.75, 3.05) is 5.32 Å². The topological polar surface area (TPSA) is 88.5 Å². The summed E-state index contributed by atoms with van der Waals surface area (Å²) in [5, 5.41) is 14.2. The summed E-state index contributed by atoms with van der Waals surface area (Å²) in [7, 11) is 0. The number of nitrogens with zero attached hydrogens (tertiary/aromatic N) is 4. The first-order valence-corrected chi connectivity index (χ1v) is 7.50. The van der Waals surface area contributed by atoms with Crippen LogP contribution >= 0.6 is 11.6 Å². The third kappa shape index (κ3) is 3.09. The largest absolute Gasteiger partial charge is 0.302 e. The van der Waals surface area contributed by atoms with Gasteiger partial charge in [0.1, 0.15) is 5.82 Å². The molecule has 0 aliphatic heterocycles. The van der Waals surface area contributed by atoms with E-state index in [2.05, 4.69) is 25.6 Å². The Kier molecular flexibility index (Phi) is 4.12. The van der Waals surface area contributed by atoms with Gasteiger partial charge < -0.3 is 5.32 Å². The predicted octanol–water partition coefficient (Wildman–Crippen LogP) is 2.77. The van der Waals surface area contributed by atoms with Gasteiger partial charge in [0.2, 0.25) is 5.82 Å². The van der Waals surface area contributed by atoms with E-state index in [9.17, 15) is 4.79 Å². The molecule has 0 fully saturated rings. The molecule has 8 heteroatoms. The first kappa shape index (κ1) is 15.2. The summed E-state index contributed by atoms with van der Waals surface area (Å²) < 4.78 is 1.59. The van der Waals surface area contributed by atoms with Crippen molar-refractivity contribution in [3.63, 3.8) is 0 Å². The van der Waals surface area contributed by atoms with Crippen molar-refractivity contribution in [1.29, 1.82) is 0 Å². The number of para-hydroxylation sites is 1. The number of carbonyl (C=O) groups excluding carboxylic acids is 1. The van der Waals surface area contributed by atoms with Gasteiger partial charge in [0.15, 0.2) is 5.82 Å². The normalized spacial score (nSPS) is 10.7. The average molecular weight is 331 g/mol. The number of hydrogen-bond acceptors (Lipinski definition) is 4. The molecule has 7 nitrogen and oxygen atoms in total. The highest BCUT2D eigenvalue weighted by Gasteiger charge is 2.18. The number of aryl methyl sites for hydroxylation is 2. The van der Waals surface area contributed by atoms with E-state index in [4.69, 9.17) is 11.6 Å². The average Bonchev–Trinajstić information content (AvgIpc) is 3.14. The summed E-state index contributed by atoms with van der Waals surface area (Å²) in [4.78, 5) is 16.6. The Morgan fingerprint density at radius 3 is 2.83 bits per heavy atom. The van der Waals surface area contributed by atoms with E-state index >= 15 is 0 Å². The van der Waals surface area contributed by atoms with E-state index in [0.29, 0.717) is 28.8 Å². The second-order valence-corrected chi connectivity index (χ2v) is 5.37. The standard InChI is InChI=1S/C15H15ClN6O/c1-3-13-18-14(15(23)17-12-8-9(2)19-20-12)21-22(13)11-7-5-4-6-10(11)16/h4-8H,3H2,1-2H3,(H2,17,19,20,23). The third-order valence-electron chi connectivity index (χ3n) is 3.22. The van der Waals surface area contributed by atoms with Gasteiger partial charge in [-0.05, 0) is 19.1 Å². The number of anilines is 1. The molecule has 0 unspecified atom stereocenters. The second kappa shape index (κ2) is 6.21. The van der Waals surface area contributed by atoms with Crippen molar-refractivity contribution in [2.45, 2.75) is 20.3 Å². The molecule has 0 saturated heterocycles. The molecule has 0 aliphatic carbocycles. The van der Waals surface area contributed by atoms with E-state index in [0.717, 1.165) is 5.69 Å². The van der Waals surface area contributed by atoms with Gasteiger partial charge in [0.25, 0.3) is 5.91 Å². The summed E-state index contributed by atoms with van der Waals surface area (Å²) in [6.07, 6.45) is 0.618. The Bertz CT molecular complexity index is 853. The van der Waals surface area contributed by atoms with Gasteiger partial charge >= 0.3 is 0 Å². The Labute approximate surface area is 137 Å². The van der Waals surface area contributed by atoms with Gasteiger partial charge in [-0.25, -0.2) is 9.67 Å². The quantitative estimate of drug-likeness (QED) is 0.769. The van der Waals surface area contributed by atoms with Crippen LogP contribution in [0.25, 0.3) is 5.69 Å². The summed E-state index contributed by atoms with van der Waals surface area (Å²) in [6, 6.07) is 9.01. The lowest BCUT2D eigenvalue weighted by Gasteiger charge is -2.05. The molecule has 2 heterocycles. The maximum atomic E-state index is 12.3. The molecule has 0 aliphatic rings. The SMILES string of the molecule is CCc1nc(C(=O)Nc2cc(C)[nH]n2)nn1-c1ccccc1Cl. The van der Waals surface area contributed by atoms with Crippen molar-refractivity contribution in [3.05, 3.63) is 52.7 Å². The third-order valence-corrected chi connectivity index (χ3v) is 3.54. The molecule has 3 rings (SSSR count). The zero-order valence-electron chi connectivity index (χ0n) is 12.7. The highest BCUT2D eigenvalue weighted by atomic mass is 35.5. The van der Waals surface area contributed by atoms with E-state index in [1.807, 2.05) is 32.0 Å². The zero-order chi connectivity index (χ0) is 16.4. The molecule has 0 atom stereocenters. The highest BCUT2D eigenvalue weighted by molar-refractivity contribution is 6.32. The lowest BCUT2D eigenvalue weighted by Crippen LogP contribution is -2.14. The molecule has 1 amide bonds. The molecular weight excluding hydrogens is 316 g/mol. The fraction of sp³-hybridized carbons (Fsp3) is 0.200. The number of H-pyrrole nitrogens is 1. The number of aromatic amines is 1. The number of halogens is 1. The maximum Gasteiger partial charge on any atom is 0.296 e. The molecule has 3 aromatic rings. The number of amides is 1. The van der Waals surface area contributed by atoms with E-state index in [1.54, 1.807) is 16.8 Å². The van der Waals surface area contributed by atoms with Crippen LogP contribution in [0.15, 0.2) is 30.3 Å². The molecule has 0 bridgehead atoms. The molecule has 0 spiro atoms. The number of nitrogens with one attached hydrogen (secondary N) is 2. The van der Waals surface area contributed by atoms with Gasteiger partial charge in [0, 0.05) is 18.2 Å². The molecule has 2 aromatic heterocycles. The van der Waals surface area contributed by atoms with Crippen molar-refractivity contribution in [2.24, 2.45) is 0 Å².